The molecule has 1 saturated heterocycles. The lowest BCUT2D eigenvalue weighted by Gasteiger charge is -2.22. The molecule has 0 aromatic heterocycles. The highest BCUT2D eigenvalue weighted by atomic mass is 16.5. The molecule has 1 N–H and O–H groups in total. The average Bonchev–Trinajstić information content (AvgIpc) is 2.82. The van der Waals surface area contributed by atoms with Gasteiger partial charge in [0.25, 0.3) is 0 Å². The van der Waals surface area contributed by atoms with Gasteiger partial charge in [0, 0.05) is 29.7 Å². The largest absolute Gasteiger partial charge is 0.496 e. The minimum Gasteiger partial charge on any atom is -0.496 e. The van der Waals surface area contributed by atoms with Crippen molar-refractivity contribution in [2.45, 2.75) is 25.3 Å². The summed E-state index contributed by atoms with van der Waals surface area (Å²) >= 11 is 0. The Bertz CT molecular complexity index is 394. The number of benzene rings is 1. The lowest BCUT2D eigenvalue weighted by atomic mass is 9.91. The van der Waals surface area contributed by atoms with Crippen LogP contribution in [0.15, 0.2) is 12.1 Å². The molecule has 1 aliphatic rings. The Kier molecular flexibility index (Phi) is 3.97. The van der Waals surface area contributed by atoms with Crippen LogP contribution >= 0.6 is 0 Å². The van der Waals surface area contributed by atoms with Gasteiger partial charge in [0.2, 0.25) is 0 Å². The molecule has 2 unspecified atom stereocenters. The molecule has 1 fully saturated rings. The van der Waals surface area contributed by atoms with E-state index in [-0.39, 0.29) is 0 Å². The summed E-state index contributed by atoms with van der Waals surface area (Å²) in [7, 11) is 5.02. The van der Waals surface area contributed by atoms with Crippen molar-refractivity contribution in [2.75, 3.05) is 27.9 Å². The molecule has 4 heteroatoms. The number of rotatable bonds is 4. The van der Waals surface area contributed by atoms with Gasteiger partial charge >= 0.3 is 0 Å². The molecule has 2 rings (SSSR count). The molecule has 0 aliphatic carbocycles. The van der Waals surface area contributed by atoms with Crippen molar-refractivity contribution in [3.63, 3.8) is 0 Å². The summed E-state index contributed by atoms with van der Waals surface area (Å²) in [6.07, 6.45) is 1.10. The van der Waals surface area contributed by atoms with E-state index in [0.29, 0.717) is 12.0 Å². The van der Waals surface area contributed by atoms with Crippen molar-refractivity contribution in [1.29, 1.82) is 0 Å². The van der Waals surface area contributed by atoms with Crippen LogP contribution in [-0.4, -0.2) is 33.9 Å². The highest BCUT2D eigenvalue weighted by Gasteiger charge is 2.30. The van der Waals surface area contributed by atoms with Gasteiger partial charge in [-0.05, 0) is 19.9 Å². The van der Waals surface area contributed by atoms with E-state index in [1.807, 2.05) is 12.1 Å². The monoisotopic (exact) mass is 251 g/mol. The fourth-order valence-corrected chi connectivity index (χ4v) is 2.65. The molecule has 0 spiro atoms. The molecule has 1 aromatic carbocycles. The van der Waals surface area contributed by atoms with Crippen LogP contribution < -0.4 is 19.5 Å². The SMILES string of the molecule is COc1cc(OC)c(C2CCNC2C)c(OC)c1. The minimum absolute atomic E-state index is 0.417. The standard InChI is InChI=1S/C14H21NO3/c1-9-11(5-6-15-9)14-12(17-3)7-10(16-2)8-13(14)18-4/h7-9,11,15H,5-6H2,1-4H3. The molecular weight excluding hydrogens is 230 g/mol. The van der Waals surface area contributed by atoms with E-state index in [9.17, 15) is 0 Å². The van der Waals surface area contributed by atoms with E-state index >= 15 is 0 Å². The van der Waals surface area contributed by atoms with Gasteiger partial charge in [0.1, 0.15) is 17.2 Å². The van der Waals surface area contributed by atoms with Gasteiger partial charge in [-0.2, -0.15) is 0 Å². The molecule has 0 amide bonds. The average molecular weight is 251 g/mol. The first-order chi connectivity index (χ1) is 8.71. The van der Waals surface area contributed by atoms with E-state index in [0.717, 1.165) is 35.8 Å². The maximum absolute atomic E-state index is 5.50. The molecule has 100 valence electrons. The van der Waals surface area contributed by atoms with Crippen molar-refractivity contribution in [1.82, 2.24) is 5.32 Å². The van der Waals surface area contributed by atoms with Crippen LogP contribution in [0, 0.1) is 0 Å². The lowest BCUT2D eigenvalue weighted by Crippen LogP contribution is -2.22. The lowest BCUT2D eigenvalue weighted by molar-refractivity contribution is 0.361. The molecule has 1 aromatic rings. The second-order valence-electron chi connectivity index (χ2n) is 4.58. The van der Waals surface area contributed by atoms with Gasteiger partial charge in [0.15, 0.2) is 0 Å². The Morgan fingerprint density at radius 2 is 1.67 bits per heavy atom. The topological polar surface area (TPSA) is 39.7 Å². The maximum Gasteiger partial charge on any atom is 0.129 e. The Morgan fingerprint density at radius 1 is 1.06 bits per heavy atom. The fourth-order valence-electron chi connectivity index (χ4n) is 2.65. The van der Waals surface area contributed by atoms with Crippen molar-refractivity contribution < 1.29 is 14.2 Å². The molecular formula is C14H21NO3. The third-order valence-corrected chi connectivity index (χ3v) is 3.65. The summed E-state index contributed by atoms with van der Waals surface area (Å²) in [5, 5.41) is 3.46. The van der Waals surface area contributed by atoms with Gasteiger partial charge in [-0.3, -0.25) is 0 Å². The normalized spacial score (nSPS) is 22.9. The Hall–Kier alpha value is -1.42. The van der Waals surface area contributed by atoms with Gasteiger partial charge < -0.3 is 19.5 Å². The highest BCUT2D eigenvalue weighted by molar-refractivity contribution is 5.53. The maximum atomic E-state index is 5.50. The Morgan fingerprint density at radius 3 is 2.06 bits per heavy atom. The summed E-state index contributed by atoms with van der Waals surface area (Å²) in [4.78, 5) is 0. The zero-order chi connectivity index (χ0) is 13.1. The van der Waals surface area contributed by atoms with Gasteiger partial charge in [-0.25, -0.2) is 0 Å². The van der Waals surface area contributed by atoms with Gasteiger partial charge in [-0.1, -0.05) is 0 Å². The molecule has 0 saturated carbocycles. The van der Waals surface area contributed by atoms with Crippen LogP contribution in [0.2, 0.25) is 0 Å². The summed E-state index contributed by atoms with van der Waals surface area (Å²) in [5.41, 5.74) is 1.14. The highest BCUT2D eigenvalue weighted by Crippen LogP contribution is 2.42. The van der Waals surface area contributed by atoms with Crippen LogP contribution in [0.5, 0.6) is 17.2 Å². The first kappa shape index (κ1) is 13.0. The molecule has 0 radical (unpaired) electrons. The number of ether oxygens (including phenoxy) is 3. The number of methoxy groups -OCH3 is 3. The third kappa shape index (κ3) is 2.25. The second kappa shape index (κ2) is 5.48. The van der Waals surface area contributed by atoms with Crippen molar-refractivity contribution in [2.24, 2.45) is 0 Å². The Balaban J connectivity index is 2.49. The van der Waals surface area contributed by atoms with Crippen LogP contribution in [0.4, 0.5) is 0 Å². The molecule has 1 heterocycles. The van der Waals surface area contributed by atoms with Crippen molar-refractivity contribution in [3.8, 4) is 17.2 Å². The van der Waals surface area contributed by atoms with E-state index in [1.54, 1.807) is 21.3 Å². The van der Waals surface area contributed by atoms with E-state index in [4.69, 9.17) is 14.2 Å². The third-order valence-electron chi connectivity index (χ3n) is 3.65. The van der Waals surface area contributed by atoms with Crippen LogP contribution in [-0.2, 0) is 0 Å². The number of hydrogen-bond acceptors (Lipinski definition) is 4. The molecule has 2 atom stereocenters. The van der Waals surface area contributed by atoms with Crippen molar-refractivity contribution in [3.05, 3.63) is 17.7 Å². The zero-order valence-corrected chi connectivity index (χ0v) is 11.4. The predicted molar refractivity (Wildman–Crippen MR) is 70.9 cm³/mol. The van der Waals surface area contributed by atoms with E-state index in [1.165, 1.54) is 0 Å². The summed E-state index contributed by atoms with van der Waals surface area (Å²) in [6.45, 7) is 3.23. The molecule has 0 bridgehead atoms. The van der Waals surface area contributed by atoms with E-state index in [2.05, 4.69) is 12.2 Å². The van der Waals surface area contributed by atoms with Crippen molar-refractivity contribution >= 4 is 0 Å². The second-order valence-corrected chi connectivity index (χ2v) is 4.58. The Labute approximate surface area is 108 Å². The fraction of sp³-hybridized carbons (Fsp3) is 0.571. The number of hydrogen-bond donors (Lipinski definition) is 1. The summed E-state index contributed by atoms with van der Waals surface area (Å²) in [5.74, 6) is 2.85. The van der Waals surface area contributed by atoms with Crippen LogP contribution in [0.25, 0.3) is 0 Å². The summed E-state index contributed by atoms with van der Waals surface area (Å²) in [6, 6.07) is 4.27. The van der Waals surface area contributed by atoms with Gasteiger partial charge in [-0.15, -0.1) is 0 Å². The van der Waals surface area contributed by atoms with Gasteiger partial charge in [0.05, 0.1) is 21.3 Å². The van der Waals surface area contributed by atoms with Crippen LogP contribution in [0.1, 0.15) is 24.8 Å². The molecule has 4 nitrogen and oxygen atoms in total. The summed E-state index contributed by atoms with van der Waals surface area (Å²) < 4.78 is 16.3. The number of nitrogens with one attached hydrogen (secondary N) is 1. The predicted octanol–water partition coefficient (Wildman–Crippen LogP) is 2.18. The molecule has 1 aliphatic heterocycles. The first-order valence-electron chi connectivity index (χ1n) is 6.24. The zero-order valence-electron chi connectivity index (χ0n) is 11.4. The van der Waals surface area contributed by atoms with Crippen LogP contribution in [0.3, 0.4) is 0 Å². The quantitative estimate of drug-likeness (QED) is 0.890. The minimum atomic E-state index is 0.417. The van der Waals surface area contributed by atoms with E-state index < -0.39 is 0 Å². The molecule has 18 heavy (non-hydrogen) atoms. The smallest absolute Gasteiger partial charge is 0.129 e. The first-order valence-corrected chi connectivity index (χ1v) is 6.24.